The lowest BCUT2D eigenvalue weighted by Crippen LogP contribution is -2.21. The lowest BCUT2D eigenvalue weighted by atomic mass is 9.80. The molecule has 0 saturated heterocycles. The predicted molar refractivity (Wildman–Crippen MR) is 319 cm³/mol. The zero-order valence-corrected chi connectivity index (χ0v) is 44.5. The van der Waals surface area contributed by atoms with Crippen molar-refractivity contribution in [1.29, 1.82) is 0 Å². The fraction of sp³-hybridized carbons (Fsp3) is 0.167. The Morgan fingerprint density at radius 3 is 0.534 bits per heavy atom. The molecule has 0 amide bonds. The van der Waals surface area contributed by atoms with E-state index in [-0.39, 0.29) is 0 Å². The molecule has 0 radical (unpaired) electrons. The van der Waals surface area contributed by atoms with E-state index in [0.29, 0.717) is 0 Å². The molecule has 0 N–H and O–H groups in total. The van der Waals surface area contributed by atoms with Gasteiger partial charge in [-0.1, -0.05) is 146 Å². The van der Waals surface area contributed by atoms with Crippen LogP contribution in [0.25, 0.3) is 98.0 Å². The maximum absolute atomic E-state index is 2.74. The Morgan fingerprint density at radius 2 is 0.356 bits per heavy atom. The van der Waals surface area contributed by atoms with Crippen molar-refractivity contribution in [3.8, 4) is 33.4 Å². The van der Waals surface area contributed by atoms with E-state index in [9.17, 15) is 0 Å². The fourth-order valence-electron chi connectivity index (χ4n) is 13.2. The summed E-state index contributed by atoms with van der Waals surface area (Å²) in [5, 5.41) is 15.4. The molecule has 0 fully saturated rings. The van der Waals surface area contributed by atoms with E-state index >= 15 is 0 Å². The average Bonchev–Trinajstić information content (AvgIpc) is 3.40. The molecule has 0 aromatic heterocycles. The molecule has 0 unspecified atom stereocenters. The van der Waals surface area contributed by atoms with Crippen molar-refractivity contribution in [2.75, 3.05) is 4.90 Å². The molecule has 12 rings (SSSR count). The zero-order chi connectivity index (χ0) is 50.7. The molecule has 12 aromatic carbocycles. The van der Waals surface area contributed by atoms with Crippen LogP contribution in [-0.4, -0.2) is 0 Å². The van der Waals surface area contributed by atoms with Crippen LogP contribution >= 0.6 is 0 Å². The minimum absolute atomic E-state index is 1.27. The summed E-state index contributed by atoms with van der Waals surface area (Å²) in [6.07, 6.45) is 0. The lowest BCUT2D eigenvalue weighted by Gasteiger charge is -2.38. The number of hydrogen-bond donors (Lipinski definition) is 0. The monoisotopic (exact) mass is 941 g/mol. The van der Waals surface area contributed by atoms with Gasteiger partial charge < -0.3 is 4.90 Å². The summed E-state index contributed by atoms with van der Waals surface area (Å²) in [6.45, 7) is 28.6. The summed E-state index contributed by atoms with van der Waals surface area (Å²) >= 11 is 0. The van der Waals surface area contributed by atoms with Crippen LogP contribution in [0.3, 0.4) is 0 Å². The van der Waals surface area contributed by atoms with Crippen LogP contribution in [0, 0.1) is 83.1 Å². The first-order valence-electron chi connectivity index (χ1n) is 26.1. The molecule has 0 spiro atoms. The van der Waals surface area contributed by atoms with Gasteiger partial charge in [-0.25, -0.2) is 0 Å². The van der Waals surface area contributed by atoms with Crippen molar-refractivity contribution < 1.29 is 0 Å². The highest BCUT2D eigenvalue weighted by Gasteiger charge is 2.32. The summed E-state index contributed by atoms with van der Waals surface area (Å²) in [7, 11) is 0. The maximum Gasteiger partial charge on any atom is 0.0526 e. The van der Waals surface area contributed by atoms with Crippen molar-refractivity contribution in [2.45, 2.75) is 83.1 Å². The Balaban J connectivity index is 1.20. The van der Waals surface area contributed by atoms with Crippen LogP contribution < -0.4 is 4.90 Å². The third-order valence-electron chi connectivity index (χ3n) is 17.5. The first-order chi connectivity index (χ1) is 35.3. The molecular formula is C72H63N. The molecule has 0 atom stereocenters. The van der Waals surface area contributed by atoms with E-state index in [0.717, 1.165) is 0 Å². The van der Waals surface area contributed by atoms with E-state index in [2.05, 4.69) is 252 Å². The molecule has 12 aromatic rings. The maximum atomic E-state index is 2.74. The van der Waals surface area contributed by atoms with Crippen molar-refractivity contribution in [2.24, 2.45) is 0 Å². The molecule has 0 aliphatic carbocycles. The standard InChI is InChI=1S/C72H63N/c1-40-46(7)70(47(8)41(2)64(40)67-58-31-19-13-25-52(58)37-53-26-14-20-32-59(53)67)73(71-48(9)42(3)65(43(4)49(71)10)68-60-33-21-15-27-54(60)38-55-28-16-22-34-61(55)68)72-50(11)44(5)66(45(6)51(72)12)69-62-35-23-17-29-56(62)39-57-30-18-24-36-63(57)69/h13-39H,1-12H3. The van der Waals surface area contributed by atoms with Crippen LogP contribution in [-0.2, 0) is 0 Å². The van der Waals surface area contributed by atoms with Crippen molar-refractivity contribution in [3.05, 3.63) is 231 Å². The molecular weight excluding hydrogens is 879 g/mol. The quantitative estimate of drug-likeness (QED) is 0.150. The van der Waals surface area contributed by atoms with Gasteiger partial charge in [0.05, 0.1) is 17.1 Å². The second-order valence-electron chi connectivity index (χ2n) is 21.1. The third-order valence-corrected chi connectivity index (χ3v) is 17.5. The van der Waals surface area contributed by atoms with E-state index in [1.54, 1.807) is 0 Å². The number of fused-ring (bicyclic) bond motifs is 6. The van der Waals surface area contributed by atoms with Crippen LogP contribution in [0.5, 0.6) is 0 Å². The van der Waals surface area contributed by atoms with E-state index in [4.69, 9.17) is 0 Å². The van der Waals surface area contributed by atoms with Gasteiger partial charge >= 0.3 is 0 Å². The second kappa shape index (κ2) is 17.3. The van der Waals surface area contributed by atoms with Crippen LogP contribution in [0.1, 0.15) is 66.8 Å². The number of benzene rings is 12. The molecule has 0 saturated carbocycles. The van der Waals surface area contributed by atoms with Gasteiger partial charge in [0, 0.05) is 0 Å². The van der Waals surface area contributed by atoms with Crippen LogP contribution in [0.2, 0.25) is 0 Å². The first kappa shape index (κ1) is 46.1. The highest BCUT2D eigenvalue weighted by Crippen LogP contribution is 2.55. The third kappa shape index (κ3) is 6.81. The highest BCUT2D eigenvalue weighted by atomic mass is 15.2. The Kier molecular flexibility index (Phi) is 11.0. The van der Waals surface area contributed by atoms with Gasteiger partial charge in [0.2, 0.25) is 0 Å². The second-order valence-corrected chi connectivity index (χ2v) is 21.1. The minimum Gasteiger partial charge on any atom is -0.309 e. The predicted octanol–water partition coefficient (Wildman–Crippen LogP) is 20.8. The number of hydrogen-bond acceptors (Lipinski definition) is 1. The molecule has 0 aliphatic heterocycles. The van der Waals surface area contributed by atoms with Gasteiger partial charge in [0.15, 0.2) is 0 Å². The SMILES string of the molecule is Cc1c(C)c(N(c2c(C)c(C)c(-c3c4ccccc4cc4ccccc34)c(C)c2C)c2c(C)c(C)c(-c3c4ccccc4cc4ccccc34)c(C)c2C)c(C)c(C)c1-c1c2ccccc2cc2ccccc12. The van der Waals surface area contributed by atoms with E-state index in [1.807, 2.05) is 0 Å². The summed E-state index contributed by atoms with van der Waals surface area (Å²) in [5.41, 5.74) is 27.5. The molecule has 1 nitrogen and oxygen atoms in total. The number of anilines is 3. The summed E-state index contributed by atoms with van der Waals surface area (Å²) in [6, 6.07) is 60.8. The van der Waals surface area contributed by atoms with Gasteiger partial charge in [0.25, 0.3) is 0 Å². The molecule has 0 aliphatic rings. The van der Waals surface area contributed by atoms with Crippen LogP contribution in [0.15, 0.2) is 164 Å². The highest BCUT2D eigenvalue weighted by molar-refractivity contribution is 6.17. The Hall–Kier alpha value is -8.00. The molecule has 0 bridgehead atoms. The molecule has 73 heavy (non-hydrogen) atoms. The van der Waals surface area contributed by atoms with Crippen molar-refractivity contribution in [3.63, 3.8) is 0 Å². The van der Waals surface area contributed by atoms with Gasteiger partial charge in [-0.15, -0.1) is 0 Å². The largest absolute Gasteiger partial charge is 0.309 e. The summed E-state index contributed by atoms with van der Waals surface area (Å²) < 4.78 is 0. The Bertz CT molecular complexity index is 3640. The minimum atomic E-state index is 1.27. The van der Waals surface area contributed by atoms with Gasteiger partial charge in [0.1, 0.15) is 0 Å². The van der Waals surface area contributed by atoms with Crippen molar-refractivity contribution in [1.82, 2.24) is 0 Å². The molecule has 1 heteroatoms. The Morgan fingerprint density at radius 1 is 0.192 bits per heavy atom. The number of rotatable bonds is 6. The Labute approximate surface area is 431 Å². The number of nitrogens with zero attached hydrogens (tertiary/aromatic N) is 1. The smallest absolute Gasteiger partial charge is 0.0526 e. The van der Waals surface area contributed by atoms with Crippen LogP contribution in [0.4, 0.5) is 17.1 Å². The van der Waals surface area contributed by atoms with Crippen molar-refractivity contribution >= 4 is 81.7 Å². The normalized spacial score (nSPS) is 11.8. The summed E-state index contributed by atoms with van der Waals surface area (Å²) in [5.74, 6) is 0. The topological polar surface area (TPSA) is 3.24 Å². The lowest BCUT2D eigenvalue weighted by molar-refractivity contribution is 1.10. The molecule has 356 valence electrons. The van der Waals surface area contributed by atoms with E-state index in [1.165, 1.54) is 182 Å². The first-order valence-corrected chi connectivity index (χ1v) is 26.1. The summed E-state index contributed by atoms with van der Waals surface area (Å²) in [4.78, 5) is 2.74. The zero-order valence-electron chi connectivity index (χ0n) is 44.5. The van der Waals surface area contributed by atoms with Gasteiger partial charge in [-0.05, 0) is 266 Å². The fourth-order valence-corrected chi connectivity index (χ4v) is 13.2. The average molecular weight is 942 g/mol. The van der Waals surface area contributed by atoms with Gasteiger partial charge in [-0.3, -0.25) is 0 Å². The van der Waals surface area contributed by atoms with E-state index < -0.39 is 0 Å². The van der Waals surface area contributed by atoms with Gasteiger partial charge in [-0.2, -0.15) is 0 Å². The molecule has 0 heterocycles.